The molecule has 152 valence electrons. The first-order valence-corrected chi connectivity index (χ1v) is 9.67. The van der Waals surface area contributed by atoms with Crippen LogP contribution in [0.4, 0.5) is 5.69 Å². The zero-order chi connectivity index (χ0) is 20.8. The molecule has 2 aromatic rings. The number of fused-ring (bicyclic) bond motifs is 1. The molecule has 0 fully saturated rings. The van der Waals surface area contributed by atoms with Crippen molar-refractivity contribution in [3.63, 3.8) is 0 Å². The third-order valence-electron chi connectivity index (χ3n) is 4.43. The lowest BCUT2D eigenvalue weighted by Crippen LogP contribution is -2.29. The second kappa shape index (κ2) is 9.28. The average molecular weight is 395 g/mol. The predicted molar refractivity (Wildman–Crippen MR) is 111 cm³/mol. The minimum atomic E-state index is -0.928. The van der Waals surface area contributed by atoms with Crippen molar-refractivity contribution in [2.45, 2.75) is 39.4 Å². The van der Waals surface area contributed by atoms with Gasteiger partial charge in [-0.25, -0.2) is 4.79 Å². The molecule has 1 aliphatic heterocycles. The Morgan fingerprint density at radius 2 is 2.03 bits per heavy atom. The summed E-state index contributed by atoms with van der Waals surface area (Å²) in [5, 5.41) is 2.70. The maximum atomic E-state index is 12.2. The number of carbonyl (C=O) groups excluding carboxylic acids is 2. The van der Waals surface area contributed by atoms with Crippen molar-refractivity contribution in [2.24, 2.45) is 0 Å². The summed E-state index contributed by atoms with van der Waals surface area (Å²) in [5.41, 5.74) is 2.45. The molecule has 2 atom stereocenters. The van der Waals surface area contributed by atoms with Crippen molar-refractivity contribution >= 4 is 23.6 Å². The van der Waals surface area contributed by atoms with E-state index in [4.69, 9.17) is 14.2 Å². The molecular weight excluding hydrogens is 370 g/mol. The van der Waals surface area contributed by atoms with E-state index < -0.39 is 18.0 Å². The lowest BCUT2D eigenvalue weighted by atomic mass is 10.1. The van der Waals surface area contributed by atoms with Crippen LogP contribution in [-0.4, -0.2) is 30.7 Å². The van der Waals surface area contributed by atoms with E-state index >= 15 is 0 Å². The number of para-hydroxylation sites is 1. The molecule has 0 bridgehead atoms. The molecule has 0 radical (unpaired) electrons. The highest BCUT2D eigenvalue weighted by atomic mass is 16.5. The third kappa shape index (κ3) is 5.38. The van der Waals surface area contributed by atoms with Gasteiger partial charge in [-0.15, -0.1) is 0 Å². The quantitative estimate of drug-likeness (QED) is 0.567. The second-order valence-electron chi connectivity index (χ2n) is 6.83. The lowest BCUT2D eigenvalue weighted by molar-refractivity contribution is -0.148. The van der Waals surface area contributed by atoms with Gasteiger partial charge in [0.15, 0.2) is 6.10 Å². The SMILES string of the molecule is CCOc1cc2c(cc1/C=C/C(=O)O[C@@H](C)C(=O)Nc1ccccc1)O[C@H](C)C2. The van der Waals surface area contributed by atoms with E-state index in [9.17, 15) is 9.59 Å². The molecule has 6 heteroatoms. The first-order valence-electron chi connectivity index (χ1n) is 9.67. The van der Waals surface area contributed by atoms with Crippen LogP contribution in [-0.2, 0) is 20.7 Å². The van der Waals surface area contributed by atoms with Gasteiger partial charge in [-0.3, -0.25) is 4.79 Å². The van der Waals surface area contributed by atoms with Crippen molar-refractivity contribution in [3.8, 4) is 11.5 Å². The Labute approximate surface area is 170 Å². The van der Waals surface area contributed by atoms with E-state index in [-0.39, 0.29) is 6.10 Å². The van der Waals surface area contributed by atoms with Crippen molar-refractivity contribution < 1.29 is 23.8 Å². The molecule has 1 N–H and O–H groups in total. The van der Waals surface area contributed by atoms with Crippen LogP contribution in [0.3, 0.4) is 0 Å². The predicted octanol–water partition coefficient (Wildman–Crippen LogP) is 3.99. The monoisotopic (exact) mass is 395 g/mol. The van der Waals surface area contributed by atoms with E-state index in [1.54, 1.807) is 18.2 Å². The molecule has 6 nitrogen and oxygen atoms in total. The highest BCUT2D eigenvalue weighted by Crippen LogP contribution is 2.35. The number of anilines is 1. The van der Waals surface area contributed by atoms with Crippen LogP contribution in [0.2, 0.25) is 0 Å². The third-order valence-corrected chi connectivity index (χ3v) is 4.43. The Morgan fingerprint density at radius 1 is 1.28 bits per heavy atom. The molecule has 3 rings (SSSR count). The second-order valence-corrected chi connectivity index (χ2v) is 6.83. The van der Waals surface area contributed by atoms with Crippen LogP contribution < -0.4 is 14.8 Å². The molecule has 0 unspecified atom stereocenters. The Hall–Kier alpha value is -3.28. The molecule has 0 saturated carbocycles. The number of amides is 1. The molecule has 29 heavy (non-hydrogen) atoms. The van der Waals surface area contributed by atoms with Crippen LogP contribution in [0.15, 0.2) is 48.5 Å². The molecule has 0 saturated heterocycles. The summed E-state index contributed by atoms with van der Waals surface area (Å²) in [4.78, 5) is 24.3. The smallest absolute Gasteiger partial charge is 0.331 e. The number of hydrogen-bond donors (Lipinski definition) is 1. The summed E-state index contributed by atoms with van der Waals surface area (Å²) < 4.78 is 16.7. The summed E-state index contributed by atoms with van der Waals surface area (Å²) in [6, 6.07) is 12.8. The van der Waals surface area contributed by atoms with Gasteiger partial charge in [-0.1, -0.05) is 18.2 Å². The van der Waals surface area contributed by atoms with Gasteiger partial charge in [0.2, 0.25) is 0 Å². The Bertz CT molecular complexity index is 907. The van der Waals surface area contributed by atoms with E-state index in [1.807, 2.05) is 44.2 Å². The van der Waals surface area contributed by atoms with E-state index in [0.29, 0.717) is 18.0 Å². The Kier molecular flexibility index (Phi) is 6.54. The standard InChI is InChI=1S/C23H25NO5/c1-4-27-20-14-18-12-15(2)28-21(18)13-17(20)10-11-22(25)29-16(3)23(26)24-19-8-6-5-7-9-19/h5-11,13-16H,4,12H2,1-3H3,(H,24,26)/b11-10+/t15-,16+/m1/s1. The maximum Gasteiger partial charge on any atom is 0.331 e. The fourth-order valence-electron chi connectivity index (χ4n) is 3.06. The van der Waals surface area contributed by atoms with Gasteiger partial charge in [-0.2, -0.15) is 0 Å². The number of esters is 1. The highest BCUT2D eigenvalue weighted by molar-refractivity contribution is 5.96. The number of rotatable bonds is 7. The van der Waals surface area contributed by atoms with Crippen molar-refractivity contribution in [2.75, 3.05) is 11.9 Å². The molecule has 1 aliphatic rings. The molecule has 0 aromatic heterocycles. The van der Waals surface area contributed by atoms with E-state index in [0.717, 1.165) is 23.3 Å². The number of carbonyl (C=O) groups is 2. The van der Waals surface area contributed by atoms with Crippen LogP contribution in [0, 0.1) is 0 Å². The molecule has 0 spiro atoms. The Morgan fingerprint density at radius 3 is 2.76 bits per heavy atom. The molecular formula is C23H25NO5. The molecule has 1 amide bonds. The summed E-state index contributed by atoms with van der Waals surface area (Å²) >= 11 is 0. The van der Waals surface area contributed by atoms with Gasteiger partial charge in [0.05, 0.1) is 6.61 Å². The van der Waals surface area contributed by atoms with Crippen LogP contribution >= 0.6 is 0 Å². The van der Waals surface area contributed by atoms with Gasteiger partial charge in [-0.05, 0) is 51.1 Å². The summed E-state index contributed by atoms with van der Waals surface area (Å²) in [5.74, 6) is 0.471. The first kappa shape index (κ1) is 20.5. The molecule has 1 heterocycles. The topological polar surface area (TPSA) is 73.9 Å². The minimum Gasteiger partial charge on any atom is -0.493 e. The van der Waals surface area contributed by atoms with E-state index in [1.165, 1.54) is 13.0 Å². The fourth-order valence-corrected chi connectivity index (χ4v) is 3.06. The van der Waals surface area contributed by atoms with Gasteiger partial charge in [0.1, 0.15) is 17.6 Å². The van der Waals surface area contributed by atoms with Crippen molar-refractivity contribution in [3.05, 3.63) is 59.7 Å². The molecule has 2 aromatic carbocycles. The number of benzene rings is 2. The minimum absolute atomic E-state index is 0.118. The van der Waals surface area contributed by atoms with Gasteiger partial charge < -0.3 is 19.5 Å². The summed E-state index contributed by atoms with van der Waals surface area (Å²) in [7, 11) is 0. The number of hydrogen-bond acceptors (Lipinski definition) is 5. The number of nitrogens with one attached hydrogen (secondary N) is 1. The fraction of sp³-hybridized carbons (Fsp3) is 0.304. The summed E-state index contributed by atoms with van der Waals surface area (Å²) in [6.45, 7) is 5.95. The Balaban J connectivity index is 1.64. The van der Waals surface area contributed by atoms with Crippen LogP contribution in [0.5, 0.6) is 11.5 Å². The maximum absolute atomic E-state index is 12.2. The van der Waals surface area contributed by atoms with Crippen LogP contribution in [0.25, 0.3) is 6.08 Å². The molecule has 0 aliphatic carbocycles. The van der Waals surface area contributed by atoms with Crippen molar-refractivity contribution in [1.82, 2.24) is 0 Å². The summed E-state index contributed by atoms with van der Waals surface area (Å²) in [6.07, 6.45) is 2.92. The van der Waals surface area contributed by atoms with Gasteiger partial charge in [0.25, 0.3) is 5.91 Å². The zero-order valence-electron chi connectivity index (χ0n) is 16.8. The normalized spacial score (nSPS) is 16.0. The average Bonchev–Trinajstić information content (AvgIpc) is 3.06. The van der Waals surface area contributed by atoms with E-state index in [2.05, 4.69) is 5.32 Å². The van der Waals surface area contributed by atoms with Gasteiger partial charge >= 0.3 is 5.97 Å². The number of ether oxygens (including phenoxy) is 3. The highest BCUT2D eigenvalue weighted by Gasteiger charge is 2.21. The first-order chi connectivity index (χ1) is 14.0. The van der Waals surface area contributed by atoms with Crippen molar-refractivity contribution in [1.29, 1.82) is 0 Å². The van der Waals surface area contributed by atoms with Crippen LogP contribution in [0.1, 0.15) is 31.9 Å². The largest absolute Gasteiger partial charge is 0.493 e. The lowest BCUT2D eigenvalue weighted by Gasteiger charge is -2.12. The zero-order valence-corrected chi connectivity index (χ0v) is 16.8. The van der Waals surface area contributed by atoms with Gasteiger partial charge in [0, 0.05) is 29.3 Å².